The molecule has 0 spiro atoms. The van der Waals surface area contributed by atoms with Crippen LogP contribution in [0.3, 0.4) is 0 Å². The molecule has 1 N–H and O–H groups in total. The van der Waals surface area contributed by atoms with Crippen molar-refractivity contribution in [1.82, 2.24) is 5.32 Å². The number of benzene rings is 3. The van der Waals surface area contributed by atoms with E-state index in [1.807, 2.05) is 55.5 Å². The minimum atomic E-state index is -0.315. The maximum Gasteiger partial charge on any atom is 0.258 e. The topological polar surface area (TPSA) is 49.4 Å². The molecule has 1 saturated carbocycles. The molecule has 5 heteroatoms. The zero-order valence-corrected chi connectivity index (χ0v) is 18.2. The maximum atomic E-state index is 13.4. The summed E-state index contributed by atoms with van der Waals surface area (Å²) in [6.07, 6.45) is 2.65. The molecule has 1 fully saturated rings. The number of carbonyl (C=O) groups is 2. The molecule has 0 heterocycles. The highest BCUT2D eigenvalue weighted by Crippen LogP contribution is 2.27. The van der Waals surface area contributed by atoms with Gasteiger partial charge in [-0.05, 0) is 73.2 Å². The quantitative estimate of drug-likeness (QED) is 0.544. The smallest absolute Gasteiger partial charge is 0.258 e. The molecule has 4 nitrogen and oxygen atoms in total. The Bertz CT molecular complexity index is 1090. The molecule has 0 aromatic heterocycles. The van der Waals surface area contributed by atoms with Crippen LogP contribution in [0.2, 0.25) is 0 Å². The molecule has 3 aromatic rings. The molecule has 4 rings (SSSR count). The first-order chi connectivity index (χ1) is 15.5. The highest BCUT2D eigenvalue weighted by molar-refractivity contribution is 6.06. The van der Waals surface area contributed by atoms with Gasteiger partial charge in [0.15, 0.2) is 0 Å². The highest BCUT2D eigenvalue weighted by atomic mass is 19.1. The molecule has 0 saturated heterocycles. The van der Waals surface area contributed by atoms with Crippen molar-refractivity contribution in [2.75, 3.05) is 11.4 Å². The molecule has 0 bridgehead atoms. The van der Waals surface area contributed by atoms with E-state index in [-0.39, 0.29) is 24.1 Å². The molecular formula is C27H27FN2O2. The van der Waals surface area contributed by atoms with Crippen molar-refractivity contribution in [3.05, 3.63) is 101 Å². The van der Waals surface area contributed by atoms with Crippen molar-refractivity contribution < 1.29 is 14.0 Å². The normalized spacial score (nSPS) is 12.9. The van der Waals surface area contributed by atoms with Crippen molar-refractivity contribution in [2.24, 2.45) is 5.92 Å². The van der Waals surface area contributed by atoms with Gasteiger partial charge < -0.3 is 10.2 Å². The second-order valence-electron chi connectivity index (χ2n) is 8.48. The second kappa shape index (κ2) is 9.77. The van der Waals surface area contributed by atoms with Gasteiger partial charge >= 0.3 is 0 Å². The maximum absolute atomic E-state index is 13.4. The summed E-state index contributed by atoms with van der Waals surface area (Å²) in [5.74, 6) is 0.154. The van der Waals surface area contributed by atoms with Crippen molar-refractivity contribution >= 4 is 17.5 Å². The number of carbonyl (C=O) groups excluding carboxylic acids is 2. The number of aryl methyl sites for hydroxylation is 1. The van der Waals surface area contributed by atoms with E-state index in [1.54, 1.807) is 17.0 Å². The van der Waals surface area contributed by atoms with Crippen LogP contribution in [0.15, 0.2) is 72.8 Å². The van der Waals surface area contributed by atoms with Gasteiger partial charge in [-0.1, -0.05) is 42.0 Å². The van der Waals surface area contributed by atoms with Gasteiger partial charge in [-0.15, -0.1) is 0 Å². The lowest BCUT2D eigenvalue weighted by Crippen LogP contribution is -2.31. The Morgan fingerprint density at radius 3 is 2.38 bits per heavy atom. The van der Waals surface area contributed by atoms with Crippen molar-refractivity contribution in [2.45, 2.75) is 32.7 Å². The monoisotopic (exact) mass is 430 g/mol. The third kappa shape index (κ3) is 5.82. The Kier molecular flexibility index (Phi) is 6.64. The van der Waals surface area contributed by atoms with Gasteiger partial charge in [0.1, 0.15) is 5.82 Å². The molecule has 0 radical (unpaired) electrons. The van der Waals surface area contributed by atoms with Crippen molar-refractivity contribution in [3.8, 4) is 0 Å². The molecule has 1 aliphatic rings. The molecule has 1 aliphatic carbocycles. The first kappa shape index (κ1) is 21.8. The second-order valence-corrected chi connectivity index (χ2v) is 8.48. The number of halogens is 1. The molecule has 0 atom stereocenters. The fourth-order valence-corrected chi connectivity index (χ4v) is 3.57. The van der Waals surface area contributed by atoms with Crippen LogP contribution in [0.4, 0.5) is 10.1 Å². The highest BCUT2D eigenvalue weighted by Gasteiger charge is 2.22. The molecule has 3 aromatic carbocycles. The van der Waals surface area contributed by atoms with E-state index in [2.05, 4.69) is 5.32 Å². The number of hydrogen-bond acceptors (Lipinski definition) is 2. The standard InChI is InChI=1S/C27H27FN2O2/c1-19-5-11-23(12-6-19)27(32)30(18-21-9-13-24(28)14-10-21)25-4-2-3-22(15-25)16-26(31)29-17-20-7-8-20/h2-6,9-15,20H,7-8,16-18H2,1H3,(H,29,31). The summed E-state index contributed by atoms with van der Waals surface area (Å²) >= 11 is 0. The average Bonchev–Trinajstić information content (AvgIpc) is 3.62. The van der Waals surface area contributed by atoms with E-state index in [0.717, 1.165) is 23.2 Å². The van der Waals surface area contributed by atoms with E-state index < -0.39 is 0 Å². The number of hydrogen-bond donors (Lipinski definition) is 1. The van der Waals surface area contributed by atoms with E-state index >= 15 is 0 Å². The van der Waals surface area contributed by atoms with Gasteiger partial charge in [-0.2, -0.15) is 0 Å². The zero-order chi connectivity index (χ0) is 22.5. The predicted octanol–water partition coefficient (Wildman–Crippen LogP) is 5.05. The Hall–Kier alpha value is -3.47. The third-order valence-corrected chi connectivity index (χ3v) is 5.67. The number of rotatable bonds is 8. The van der Waals surface area contributed by atoms with Crippen LogP contribution in [0.1, 0.15) is 39.9 Å². The average molecular weight is 431 g/mol. The van der Waals surface area contributed by atoms with E-state index in [4.69, 9.17) is 0 Å². The zero-order valence-electron chi connectivity index (χ0n) is 18.2. The van der Waals surface area contributed by atoms with Gasteiger partial charge in [0.05, 0.1) is 13.0 Å². The fourth-order valence-electron chi connectivity index (χ4n) is 3.57. The van der Waals surface area contributed by atoms with Gasteiger partial charge in [0, 0.05) is 17.8 Å². The third-order valence-electron chi connectivity index (χ3n) is 5.67. The van der Waals surface area contributed by atoms with Gasteiger partial charge in [0.25, 0.3) is 5.91 Å². The van der Waals surface area contributed by atoms with E-state index in [0.29, 0.717) is 23.7 Å². The molecule has 164 valence electrons. The fraction of sp³-hybridized carbons (Fsp3) is 0.259. The largest absolute Gasteiger partial charge is 0.356 e. The summed E-state index contributed by atoms with van der Waals surface area (Å²) in [6.45, 7) is 3.01. The summed E-state index contributed by atoms with van der Waals surface area (Å²) in [5.41, 5.74) is 4.01. The van der Waals surface area contributed by atoms with E-state index in [1.165, 1.54) is 25.0 Å². The van der Waals surface area contributed by atoms with Crippen LogP contribution < -0.4 is 10.2 Å². The van der Waals surface area contributed by atoms with Crippen LogP contribution in [-0.4, -0.2) is 18.4 Å². The SMILES string of the molecule is Cc1ccc(C(=O)N(Cc2ccc(F)cc2)c2cccc(CC(=O)NCC3CC3)c2)cc1. The Balaban J connectivity index is 1.58. The van der Waals surface area contributed by atoms with Gasteiger partial charge in [0.2, 0.25) is 5.91 Å². The predicted molar refractivity (Wildman–Crippen MR) is 124 cm³/mol. The summed E-state index contributed by atoms with van der Waals surface area (Å²) in [5, 5.41) is 2.99. The number of nitrogens with zero attached hydrogens (tertiary/aromatic N) is 1. The van der Waals surface area contributed by atoms with Crippen LogP contribution >= 0.6 is 0 Å². The minimum Gasteiger partial charge on any atom is -0.356 e. The van der Waals surface area contributed by atoms with E-state index in [9.17, 15) is 14.0 Å². The lowest BCUT2D eigenvalue weighted by molar-refractivity contribution is -0.120. The minimum absolute atomic E-state index is 0.0102. The summed E-state index contributed by atoms with van der Waals surface area (Å²) in [6, 6.07) is 21.1. The summed E-state index contributed by atoms with van der Waals surface area (Å²) in [7, 11) is 0. The molecule has 2 amide bonds. The van der Waals surface area contributed by atoms with Crippen LogP contribution in [0, 0.1) is 18.7 Å². The Labute approximate surface area is 188 Å². The summed E-state index contributed by atoms with van der Waals surface area (Å²) in [4.78, 5) is 27.4. The van der Waals surface area contributed by atoms with Crippen LogP contribution in [0.5, 0.6) is 0 Å². The van der Waals surface area contributed by atoms with Gasteiger partial charge in [-0.3, -0.25) is 9.59 Å². The number of amides is 2. The van der Waals surface area contributed by atoms with Gasteiger partial charge in [-0.25, -0.2) is 4.39 Å². The lowest BCUT2D eigenvalue weighted by Gasteiger charge is -2.24. The lowest BCUT2D eigenvalue weighted by atomic mass is 10.1. The Morgan fingerprint density at radius 2 is 1.69 bits per heavy atom. The van der Waals surface area contributed by atoms with Crippen molar-refractivity contribution in [1.29, 1.82) is 0 Å². The number of anilines is 1. The first-order valence-electron chi connectivity index (χ1n) is 11.0. The molecule has 0 aliphatic heterocycles. The molecule has 0 unspecified atom stereocenters. The molecular weight excluding hydrogens is 403 g/mol. The molecule has 32 heavy (non-hydrogen) atoms. The Morgan fingerprint density at radius 1 is 0.969 bits per heavy atom. The van der Waals surface area contributed by atoms with Crippen LogP contribution in [0.25, 0.3) is 0 Å². The number of nitrogens with one attached hydrogen (secondary N) is 1. The first-order valence-corrected chi connectivity index (χ1v) is 11.0. The summed E-state index contributed by atoms with van der Waals surface area (Å²) < 4.78 is 13.4. The van der Waals surface area contributed by atoms with Crippen LogP contribution in [-0.2, 0) is 17.8 Å². The van der Waals surface area contributed by atoms with Crippen molar-refractivity contribution in [3.63, 3.8) is 0 Å².